The van der Waals surface area contributed by atoms with Crippen molar-refractivity contribution in [3.05, 3.63) is 17.7 Å². The smallest absolute Gasteiger partial charge is 0.203 e. The average molecular weight is 225 g/mol. The summed E-state index contributed by atoms with van der Waals surface area (Å²) in [4.78, 5) is 4.55. The molecule has 1 aromatic carbocycles. The van der Waals surface area contributed by atoms with Crippen LogP contribution in [0.15, 0.2) is 12.1 Å². The van der Waals surface area contributed by atoms with Gasteiger partial charge in [-0.25, -0.2) is 5.90 Å². The second-order valence-corrected chi connectivity index (χ2v) is 3.44. The maximum Gasteiger partial charge on any atom is 0.203 e. The summed E-state index contributed by atoms with van der Waals surface area (Å²) in [5.41, 5.74) is 1.05. The van der Waals surface area contributed by atoms with Gasteiger partial charge in [-0.2, -0.15) is 0 Å². The van der Waals surface area contributed by atoms with Crippen molar-refractivity contribution in [2.24, 2.45) is 5.90 Å². The van der Waals surface area contributed by atoms with Crippen molar-refractivity contribution in [3.63, 3.8) is 0 Å². The van der Waals surface area contributed by atoms with E-state index >= 15 is 0 Å². The van der Waals surface area contributed by atoms with Gasteiger partial charge in [0, 0.05) is 0 Å². The van der Waals surface area contributed by atoms with E-state index in [0.29, 0.717) is 37.7 Å². The van der Waals surface area contributed by atoms with Gasteiger partial charge in [0.15, 0.2) is 11.5 Å². The molecule has 1 aromatic rings. The molecule has 1 aliphatic rings. The van der Waals surface area contributed by atoms with Crippen LogP contribution < -0.4 is 20.1 Å². The van der Waals surface area contributed by atoms with E-state index in [1.165, 1.54) is 0 Å². The minimum Gasteiger partial charge on any atom is -0.493 e. The van der Waals surface area contributed by atoms with Crippen LogP contribution in [0, 0.1) is 0 Å². The van der Waals surface area contributed by atoms with Crippen LogP contribution in [0.4, 0.5) is 0 Å². The zero-order valence-electron chi connectivity index (χ0n) is 9.19. The molecule has 0 saturated heterocycles. The van der Waals surface area contributed by atoms with Crippen LogP contribution in [-0.4, -0.2) is 26.9 Å². The highest BCUT2D eigenvalue weighted by Crippen LogP contribution is 2.40. The highest BCUT2D eigenvalue weighted by molar-refractivity contribution is 5.54. The van der Waals surface area contributed by atoms with E-state index in [1.807, 2.05) is 12.1 Å². The molecule has 0 atom stereocenters. The lowest BCUT2D eigenvalue weighted by atomic mass is 10.1. The Morgan fingerprint density at radius 1 is 1.31 bits per heavy atom. The summed E-state index contributed by atoms with van der Waals surface area (Å²) in [7, 11) is 1.61. The van der Waals surface area contributed by atoms with Crippen molar-refractivity contribution in [3.8, 4) is 17.2 Å². The molecule has 0 fully saturated rings. The Balaban J connectivity index is 2.28. The van der Waals surface area contributed by atoms with Gasteiger partial charge in [0.05, 0.1) is 13.7 Å². The van der Waals surface area contributed by atoms with E-state index < -0.39 is 0 Å². The Labute approximate surface area is 94.0 Å². The third-order valence-electron chi connectivity index (χ3n) is 2.40. The lowest BCUT2D eigenvalue weighted by Crippen LogP contribution is -2.16. The molecule has 2 rings (SSSR count). The van der Waals surface area contributed by atoms with Crippen molar-refractivity contribution in [1.29, 1.82) is 0 Å². The van der Waals surface area contributed by atoms with Gasteiger partial charge in [-0.15, -0.1) is 0 Å². The standard InChI is InChI=1S/C11H15NO4/c1-13-9-6-8(2-3-16-12)7-10-11(9)15-5-4-14-10/h6-7H,2-5,12H2,1H3. The molecule has 5 heteroatoms. The molecule has 0 unspecified atom stereocenters. The predicted octanol–water partition coefficient (Wildman–Crippen LogP) is 0.899. The molecular weight excluding hydrogens is 210 g/mol. The summed E-state index contributed by atoms with van der Waals surface area (Å²) < 4.78 is 16.3. The Morgan fingerprint density at radius 3 is 2.88 bits per heavy atom. The lowest BCUT2D eigenvalue weighted by Gasteiger charge is -2.21. The van der Waals surface area contributed by atoms with Gasteiger partial charge in [-0.3, -0.25) is 0 Å². The molecule has 1 heterocycles. The molecule has 0 amide bonds. The van der Waals surface area contributed by atoms with Crippen LogP contribution in [0.3, 0.4) is 0 Å². The monoisotopic (exact) mass is 225 g/mol. The first-order valence-electron chi connectivity index (χ1n) is 5.13. The Kier molecular flexibility index (Phi) is 3.48. The zero-order chi connectivity index (χ0) is 11.4. The second kappa shape index (κ2) is 5.05. The number of fused-ring (bicyclic) bond motifs is 1. The highest BCUT2D eigenvalue weighted by atomic mass is 16.6. The van der Waals surface area contributed by atoms with Crippen LogP contribution in [0.2, 0.25) is 0 Å². The molecule has 2 N–H and O–H groups in total. The first-order valence-corrected chi connectivity index (χ1v) is 5.13. The minimum atomic E-state index is 0.461. The maximum atomic E-state index is 5.51. The first-order chi connectivity index (χ1) is 7.85. The molecule has 0 radical (unpaired) electrons. The molecule has 0 bridgehead atoms. The highest BCUT2D eigenvalue weighted by Gasteiger charge is 2.18. The number of hydrogen-bond donors (Lipinski definition) is 1. The molecule has 0 saturated carbocycles. The number of benzene rings is 1. The maximum absolute atomic E-state index is 5.51. The van der Waals surface area contributed by atoms with Crippen molar-refractivity contribution >= 4 is 0 Å². The topological polar surface area (TPSA) is 62.9 Å². The fraction of sp³-hybridized carbons (Fsp3) is 0.455. The van der Waals surface area contributed by atoms with Crippen molar-refractivity contribution in [1.82, 2.24) is 0 Å². The van der Waals surface area contributed by atoms with Crippen LogP contribution in [0.25, 0.3) is 0 Å². The number of nitrogens with two attached hydrogens (primary N) is 1. The van der Waals surface area contributed by atoms with E-state index in [2.05, 4.69) is 4.84 Å². The number of methoxy groups -OCH3 is 1. The fourth-order valence-electron chi connectivity index (χ4n) is 1.65. The summed E-state index contributed by atoms with van der Waals surface area (Å²) >= 11 is 0. The second-order valence-electron chi connectivity index (χ2n) is 3.44. The van der Waals surface area contributed by atoms with Gasteiger partial charge < -0.3 is 19.0 Å². The normalized spacial score (nSPS) is 13.6. The molecule has 88 valence electrons. The van der Waals surface area contributed by atoms with Crippen LogP contribution in [-0.2, 0) is 11.3 Å². The summed E-state index contributed by atoms with van der Waals surface area (Å²) in [5, 5.41) is 0. The lowest BCUT2D eigenvalue weighted by molar-refractivity contribution is 0.140. The first kappa shape index (κ1) is 11.0. The molecule has 0 aliphatic carbocycles. The fourth-order valence-corrected chi connectivity index (χ4v) is 1.65. The molecule has 0 aromatic heterocycles. The average Bonchev–Trinajstić information content (AvgIpc) is 2.35. The summed E-state index contributed by atoms with van der Waals surface area (Å²) in [5.74, 6) is 7.07. The van der Waals surface area contributed by atoms with Crippen molar-refractivity contribution in [2.75, 3.05) is 26.9 Å². The van der Waals surface area contributed by atoms with Gasteiger partial charge in [0.1, 0.15) is 13.2 Å². The molecule has 0 spiro atoms. The van der Waals surface area contributed by atoms with E-state index in [4.69, 9.17) is 20.1 Å². The Hall–Kier alpha value is -1.46. The van der Waals surface area contributed by atoms with E-state index in [-0.39, 0.29) is 0 Å². The molecule has 16 heavy (non-hydrogen) atoms. The van der Waals surface area contributed by atoms with Gasteiger partial charge in [-0.05, 0) is 24.1 Å². The number of hydrogen-bond acceptors (Lipinski definition) is 5. The van der Waals surface area contributed by atoms with E-state index in [1.54, 1.807) is 7.11 Å². The summed E-state index contributed by atoms with van der Waals surface area (Å²) in [6, 6.07) is 3.84. The van der Waals surface area contributed by atoms with Crippen LogP contribution in [0.5, 0.6) is 17.2 Å². The largest absolute Gasteiger partial charge is 0.493 e. The van der Waals surface area contributed by atoms with Crippen LogP contribution >= 0.6 is 0 Å². The van der Waals surface area contributed by atoms with E-state index in [9.17, 15) is 0 Å². The van der Waals surface area contributed by atoms with Crippen LogP contribution in [0.1, 0.15) is 5.56 Å². The molecule has 5 nitrogen and oxygen atoms in total. The predicted molar refractivity (Wildman–Crippen MR) is 57.8 cm³/mol. The van der Waals surface area contributed by atoms with Crippen molar-refractivity contribution in [2.45, 2.75) is 6.42 Å². The van der Waals surface area contributed by atoms with Gasteiger partial charge >= 0.3 is 0 Å². The third-order valence-corrected chi connectivity index (χ3v) is 2.40. The van der Waals surface area contributed by atoms with Crippen molar-refractivity contribution < 1.29 is 19.0 Å². The minimum absolute atomic E-state index is 0.461. The summed E-state index contributed by atoms with van der Waals surface area (Å²) in [6.07, 6.45) is 0.712. The molecule has 1 aliphatic heterocycles. The quantitative estimate of drug-likeness (QED) is 0.771. The molecular formula is C11H15NO4. The third kappa shape index (κ3) is 2.20. The number of rotatable bonds is 4. The van der Waals surface area contributed by atoms with Gasteiger partial charge in [0.25, 0.3) is 0 Å². The Bertz CT molecular complexity index is 350. The van der Waals surface area contributed by atoms with Gasteiger partial charge in [-0.1, -0.05) is 0 Å². The Morgan fingerprint density at radius 2 is 2.12 bits per heavy atom. The SMILES string of the molecule is COc1cc(CCON)cc2c1OCCO2. The zero-order valence-corrected chi connectivity index (χ0v) is 9.19. The van der Waals surface area contributed by atoms with Gasteiger partial charge in [0.2, 0.25) is 5.75 Å². The summed E-state index contributed by atoms with van der Waals surface area (Å²) in [6.45, 7) is 1.57. The number of ether oxygens (including phenoxy) is 3. The van der Waals surface area contributed by atoms with E-state index in [0.717, 1.165) is 11.3 Å².